The van der Waals surface area contributed by atoms with Gasteiger partial charge in [-0.2, -0.15) is 0 Å². The van der Waals surface area contributed by atoms with Crippen LogP contribution < -0.4 is 14.8 Å². The maximum Gasteiger partial charge on any atom is 0.257 e. The fourth-order valence-corrected chi connectivity index (χ4v) is 3.95. The molecule has 1 aromatic heterocycles. The molecule has 26 heavy (non-hydrogen) atoms. The number of hydrogen-bond donors (Lipinski definition) is 1. The van der Waals surface area contributed by atoms with Gasteiger partial charge in [0.05, 0.1) is 0 Å². The molecular formula is C17H12FN3O3S2. The van der Waals surface area contributed by atoms with E-state index >= 15 is 0 Å². The number of carbonyl (C=O) groups is 1. The molecular weight excluding hydrogens is 377 g/mol. The first kappa shape index (κ1) is 16.8. The van der Waals surface area contributed by atoms with Crippen LogP contribution in [0, 0.1) is 5.82 Å². The molecule has 1 N–H and O–H groups in total. The Balaban J connectivity index is 1.37. The molecule has 132 valence electrons. The minimum absolute atomic E-state index is 0.158. The number of hydrogen-bond acceptors (Lipinski definition) is 7. The highest BCUT2D eigenvalue weighted by molar-refractivity contribution is 8.00. The molecule has 0 bridgehead atoms. The van der Waals surface area contributed by atoms with Gasteiger partial charge in [-0.1, -0.05) is 35.2 Å². The number of amides is 1. The van der Waals surface area contributed by atoms with Crippen molar-refractivity contribution >= 4 is 34.1 Å². The Labute approximate surface area is 156 Å². The second-order valence-electron chi connectivity index (χ2n) is 5.31. The first-order chi connectivity index (χ1) is 12.7. The van der Waals surface area contributed by atoms with Crippen LogP contribution in [0.2, 0.25) is 0 Å². The van der Waals surface area contributed by atoms with Crippen LogP contribution in [0.1, 0.15) is 15.9 Å². The van der Waals surface area contributed by atoms with Gasteiger partial charge in [0.25, 0.3) is 5.91 Å². The van der Waals surface area contributed by atoms with Gasteiger partial charge in [-0.25, -0.2) is 4.39 Å². The molecule has 9 heteroatoms. The fourth-order valence-electron chi connectivity index (χ4n) is 2.25. The SMILES string of the molecule is O=C(Nc1nnc(SCc2ccc(F)cc2)s1)c1ccc2c(c1)OCO2. The lowest BCUT2D eigenvalue weighted by atomic mass is 10.2. The van der Waals surface area contributed by atoms with Crippen LogP contribution in [0.25, 0.3) is 0 Å². The van der Waals surface area contributed by atoms with E-state index in [1.165, 1.54) is 35.2 Å². The molecule has 3 aromatic rings. The Bertz CT molecular complexity index is 947. The highest BCUT2D eigenvalue weighted by Gasteiger charge is 2.17. The minimum atomic E-state index is -0.297. The molecule has 0 saturated heterocycles. The first-order valence-electron chi connectivity index (χ1n) is 7.59. The summed E-state index contributed by atoms with van der Waals surface area (Å²) in [5.41, 5.74) is 1.43. The summed E-state index contributed by atoms with van der Waals surface area (Å²) in [7, 11) is 0. The molecule has 1 aliphatic rings. The normalized spacial score (nSPS) is 12.2. The van der Waals surface area contributed by atoms with Gasteiger partial charge in [0.2, 0.25) is 11.9 Å². The molecule has 4 rings (SSSR count). The summed E-state index contributed by atoms with van der Waals surface area (Å²) < 4.78 is 24.1. The molecule has 0 radical (unpaired) electrons. The van der Waals surface area contributed by atoms with Gasteiger partial charge < -0.3 is 9.47 Å². The van der Waals surface area contributed by atoms with Gasteiger partial charge in [-0.15, -0.1) is 10.2 Å². The van der Waals surface area contributed by atoms with Crippen molar-refractivity contribution in [2.24, 2.45) is 0 Å². The second kappa shape index (κ2) is 7.30. The molecule has 1 amide bonds. The van der Waals surface area contributed by atoms with Crippen molar-refractivity contribution < 1.29 is 18.7 Å². The van der Waals surface area contributed by atoms with E-state index < -0.39 is 0 Å². The monoisotopic (exact) mass is 389 g/mol. The van der Waals surface area contributed by atoms with Crippen LogP contribution in [0.5, 0.6) is 11.5 Å². The summed E-state index contributed by atoms with van der Waals surface area (Å²) >= 11 is 2.76. The third-order valence-corrected chi connectivity index (χ3v) is 5.58. The number of aromatic nitrogens is 2. The maximum atomic E-state index is 12.9. The summed E-state index contributed by atoms with van der Waals surface area (Å²) in [6, 6.07) is 11.3. The van der Waals surface area contributed by atoms with Crippen LogP contribution in [-0.2, 0) is 5.75 Å². The number of ether oxygens (including phenoxy) is 2. The standard InChI is InChI=1S/C17H12FN3O3S2/c18-12-4-1-10(2-5-12)8-25-17-21-20-16(26-17)19-15(22)11-3-6-13-14(7-11)24-9-23-13/h1-7H,8-9H2,(H,19,20,22). The van der Waals surface area contributed by atoms with Gasteiger partial charge in [0.1, 0.15) is 5.82 Å². The number of fused-ring (bicyclic) bond motifs is 1. The Kier molecular flexibility index (Phi) is 4.72. The number of anilines is 1. The predicted octanol–water partition coefficient (Wildman–Crippen LogP) is 3.95. The topological polar surface area (TPSA) is 73.3 Å². The van der Waals surface area contributed by atoms with E-state index in [0.29, 0.717) is 27.9 Å². The van der Waals surface area contributed by atoms with Crippen LogP contribution >= 0.6 is 23.1 Å². The maximum absolute atomic E-state index is 12.9. The second-order valence-corrected chi connectivity index (χ2v) is 7.51. The van der Waals surface area contributed by atoms with Gasteiger partial charge in [-0.3, -0.25) is 10.1 Å². The molecule has 0 saturated carbocycles. The molecule has 0 unspecified atom stereocenters. The molecule has 2 heterocycles. The molecule has 1 aliphatic heterocycles. The average molecular weight is 389 g/mol. The van der Waals surface area contributed by atoms with Crippen LogP contribution in [0.3, 0.4) is 0 Å². The van der Waals surface area contributed by atoms with Crippen molar-refractivity contribution in [3.05, 3.63) is 59.4 Å². The first-order valence-corrected chi connectivity index (χ1v) is 9.39. The Morgan fingerprint density at radius 3 is 2.81 bits per heavy atom. The van der Waals surface area contributed by atoms with Crippen molar-refractivity contribution in [1.82, 2.24) is 10.2 Å². The number of thioether (sulfide) groups is 1. The quantitative estimate of drug-likeness (QED) is 0.526. The van der Waals surface area contributed by atoms with Crippen LogP contribution in [0.4, 0.5) is 9.52 Å². The van der Waals surface area contributed by atoms with Crippen LogP contribution in [0.15, 0.2) is 46.8 Å². The molecule has 2 aromatic carbocycles. The van der Waals surface area contributed by atoms with E-state index in [0.717, 1.165) is 9.90 Å². The van der Waals surface area contributed by atoms with Crippen molar-refractivity contribution in [1.29, 1.82) is 0 Å². The highest BCUT2D eigenvalue weighted by atomic mass is 32.2. The summed E-state index contributed by atoms with van der Waals surface area (Å²) in [6.45, 7) is 0.158. The number of nitrogens with one attached hydrogen (secondary N) is 1. The number of carbonyl (C=O) groups excluding carboxylic acids is 1. The zero-order valence-electron chi connectivity index (χ0n) is 13.3. The largest absolute Gasteiger partial charge is 0.454 e. The van der Waals surface area contributed by atoms with Crippen LogP contribution in [-0.4, -0.2) is 22.9 Å². The Morgan fingerprint density at radius 2 is 1.96 bits per heavy atom. The van der Waals surface area contributed by atoms with Gasteiger partial charge in [-0.05, 0) is 35.9 Å². The number of halogens is 1. The lowest BCUT2D eigenvalue weighted by Crippen LogP contribution is -2.11. The number of nitrogens with zero attached hydrogens (tertiary/aromatic N) is 2. The zero-order chi connectivity index (χ0) is 17.9. The lowest BCUT2D eigenvalue weighted by molar-refractivity contribution is 0.102. The Morgan fingerprint density at radius 1 is 1.15 bits per heavy atom. The third-order valence-electron chi connectivity index (χ3n) is 3.54. The smallest absolute Gasteiger partial charge is 0.257 e. The van der Waals surface area contributed by atoms with Crippen molar-refractivity contribution in [3.63, 3.8) is 0 Å². The Hall–Kier alpha value is -2.65. The van der Waals surface area contributed by atoms with Gasteiger partial charge in [0, 0.05) is 11.3 Å². The minimum Gasteiger partial charge on any atom is -0.454 e. The summed E-state index contributed by atoms with van der Waals surface area (Å²) in [5, 5.41) is 11.2. The van der Waals surface area contributed by atoms with E-state index in [2.05, 4.69) is 15.5 Å². The van der Waals surface area contributed by atoms with Gasteiger partial charge >= 0.3 is 0 Å². The van der Waals surface area contributed by atoms with E-state index in [4.69, 9.17) is 9.47 Å². The molecule has 0 spiro atoms. The summed E-state index contributed by atoms with van der Waals surface area (Å²) in [4.78, 5) is 12.3. The van der Waals surface area contributed by atoms with E-state index in [1.807, 2.05) is 0 Å². The predicted molar refractivity (Wildman–Crippen MR) is 96.4 cm³/mol. The zero-order valence-corrected chi connectivity index (χ0v) is 14.9. The molecule has 0 atom stereocenters. The fraction of sp³-hybridized carbons (Fsp3) is 0.118. The van der Waals surface area contributed by atoms with E-state index in [9.17, 15) is 9.18 Å². The molecule has 6 nitrogen and oxygen atoms in total. The van der Waals surface area contributed by atoms with E-state index in [1.54, 1.807) is 30.3 Å². The number of benzene rings is 2. The summed E-state index contributed by atoms with van der Waals surface area (Å²) in [5.74, 6) is 1.26. The molecule has 0 aliphatic carbocycles. The van der Waals surface area contributed by atoms with Gasteiger partial charge in [0.15, 0.2) is 15.8 Å². The highest BCUT2D eigenvalue weighted by Crippen LogP contribution is 2.33. The molecule has 0 fully saturated rings. The summed E-state index contributed by atoms with van der Waals surface area (Å²) in [6.07, 6.45) is 0. The van der Waals surface area contributed by atoms with Crippen molar-refractivity contribution in [3.8, 4) is 11.5 Å². The number of rotatable bonds is 5. The third kappa shape index (κ3) is 3.78. The van der Waals surface area contributed by atoms with E-state index in [-0.39, 0.29) is 18.5 Å². The van der Waals surface area contributed by atoms with Crippen molar-refractivity contribution in [2.75, 3.05) is 12.1 Å². The lowest BCUT2D eigenvalue weighted by Gasteiger charge is -2.02. The van der Waals surface area contributed by atoms with Crippen molar-refractivity contribution in [2.45, 2.75) is 10.1 Å². The average Bonchev–Trinajstić information content (AvgIpc) is 3.29.